The molecule has 2 aromatic carbocycles. The van der Waals surface area contributed by atoms with E-state index < -0.39 is 0 Å². The third-order valence-corrected chi connectivity index (χ3v) is 4.35. The maximum absolute atomic E-state index is 12.4. The van der Waals surface area contributed by atoms with E-state index in [1.165, 1.54) is 12.8 Å². The average molecular weight is 321 g/mol. The highest BCUT2D eigenvalue weighted by Gasteiger charge is 2.17. The van der Waals surface area contributed by atoms with Gasteiger partial charge in [0, 0.05) is 17.1 Å². The minimum Gasteiger partial charge on any atom is -0.490 e. The van der Waals surface area contributed by atoms with Crippen molar-refractivity contribution in [1.82, 2.24) is 0 Å². The Bertz CT molecular complexity index is 829. The topological polar surface area (TPSA) is 51.5 Å². The van der Waals surface area contributed by atoms with Gasteiger partial charge in [0.15, 0.2) is 5.76 Å². The van der Waals surface area contributed by atoms with Gasteiger partial charge in [0.2, 0.25) is 0 Å². The zero-order valence-corrected chi connectivity index (χ0v) is 13.3. The molecule has 0 radical (unpaired) electrons. The molecule has 0 aliphatic heterocycles. The lowest BCUT2D eigenvalue weighted by atomic mass is 10.2. The number of carbonyl (C=O) groups excluding carboxylic acids is 1. The van der Waals surface area contributed by atoms with Crippen LogP contribution in [0.3, 0.4) is 0 Å². The molecular weight excluding hydrogens is 302 g/mol. The number of fused-ring (bicyclic) bond motifs is 1. The van der Waals surface area contributed by atoms with Gasteiger partial charge in [-0.1, -0.05) is 24.3 Å². The average Bonchev–Trinajstić information content (AvgIpc) is 3.24. The van der Waals surface area contributed by atoms with E-state index in [2.05, 4.69) is 5.32 Å². The number of anilines is 1. The van der Waals surface area contributed by atoms with E-state index in [0.29, 0.717) is 23.1 Å². The number of benzene rings is 2. The number of furan rings is 1. The largest absolute Gasteiger partial charge is 0.490 e. The molecule has 122 valence electrons. The Balaban J connectivity index is 1.48. The molecule has 1 N–H and O–H groups in total. The summed E-state index contributed by atoms with van der Waals surface area (Å²) in [5.41, 5.74) is 1.41. The monoisotopic (exact) mass is 321 g/mol. The highest BCUT2D eigenvalue weighted by Crippen LogP contribution is 2.26. The van der Waals surface area contributed by atoms with E-state index in [-0.39, 0.29) is 5.91 Å². The first-order valence-electron chi connectivity index (χ1n) is 8.34. The van der Waals surface area contributed by atoms with Gasteiger partial charge in [-0.3, -0.25) is 4.79 Å². The Hall–Kier alpha value is -2.75. The highest BCUT2D eigenvalue weighted by molar-refractivity contribution is 6.04. The van der Waals surface area contributed by atoms with Gasteiger partial charge in [-0.15, -0.1) is 0 Å². The molecule has 1 fully saturated rings. The molecule has 1 saturated carbocycles. The number of ether oxygens (including phenoxy) is 1. The van der Waals surface area contributed by atoms with E-state index in [4.69, 9.17) is 9.15 Å². The Morgan fingerprint density at radius 2 is 1.88 bits per heavy atom. The second-order valence-electron chi connectivity index (χ2n) is 6.15. The summed E-state index contributed by atoms with van der Waals surface area (Å²) in [7, 11) is 0. The zero-order valence-electron chi connectivity index (χ0n) is 13.3. The summed E-state index contributed by atoms with van der Waals surface area (Å²) in [5, 5.41) is 3.79. The van der Waals surface area contributed by atoms with Crippen LogP contribution in [0, 0.1) is 0 Å². The quantitative estimate of drug-likeness (QED) is 0.735. The van der Waals surface area contributed by atoms with Gasteiger partial charge < -0.3 is 14.5 Å². The number of para-hydroxylation sites is 1. The summed E-state index contributed by atoms with van der Waals surface area (Å²) in [4.78, 5) is 12.4. The zero-order chi connectivity index (χ0) is 16.4. The summed E-state index contributed by atoms with van der Waals surface area (Å²) in [5.74, 6) is 0.840. The predicted octanol–water partition coefficient (Wildman–Crippen LogP) is 5.01. The molecule has 0 atom stereocenters. The van der Waals surface area contributed by atoms with Gasteiger partial charge >= 0.3 is 0 Å². The number of carbonyl (C=O) groups is 1. The van der Waals surface area contributed by atoms with Gasteiger partial charge in [-0.25, -0.2) is 0 Å². The van der Waals surface area contributed by atoms with E-state index in [0.717, 1.165) is 24.0 Å². The van der Waals surface area contributed by atoms with Crippen molar-refractivity contribution < 1.29 is 13.9 Å². The van der Waals surface area contributed by atoms with Gasteiger partial charge in [-0.2, -0.15) is 0 Å². The first-order valence-corrected chi connectivity index (χ1v) is 8.34. The lowest BCUT2D eigenvalue weighted by molar-refractivity contribution is 0.0998. The normalized spacial score (nSPS) is 14.8. The van der Waals surface area contributed by atoms with E-state index in [1.807, 2.05) is 48.5 Å². The first kappa shape index (κ1) is 14.8. The van der Waals surface area contributed by atoms with Gasteiger partial charge in [0.1, 0.15) is 11.3 Å². The van der Waals surface area contributed by atoms with Crippen LogP contribution < -0.4 is 10.1 Å². The van der Waals surface area contributed by atoms with Crippen LogP contribution in [-0.4, -0.2) is 12.0 Å². The van der Waals surface area contributed by atoms with Crippen molar-refractivity contribution >= 4 is 22.6 Å². The van der Waals surface area contributed by atoms with E-state index in [1.54, 1.807) is 6.07 Å². The number of nitrogens with one attached hydrogen (secondary N) is 1. The fourth-order valence-electron chi connectivity index (χ4n) is 3.13. The smallest absolute Gasteiger partial charge is 0.291 e. The molecule has 0 bridgehead atoms. The van der Waals surface area contributed by atoms with Gasteiger partial charge in [0.25, 0.3) is 5.91 Å². The molecule has 4 nitrogen and oxygen atoms in total. The van der Waals surface area contributed by atoms with Crippen molar-refractivity contribution in [2.45, 2.75) is 31.8 Å². The maximum Gasteiger partial charge on any atom is 0.291 e. The van der Waals surface area contributed by atoms with Crippen LogP contribution in [0.1, 0.15) is 36.2 Å². The Morgan fingerprint density at radius 3 is 2.71 bits per heavy atom. The molecule has 1 aliphatic rings. The van der Waals surface area contributed by atoms with Gasteiger partial charge in [-0.05, 0) is 49.9 Å². The molecule has 24 heavy (non-hydrogen) atoms. The predicted molar refractivity (Wildman–Crippen MR) is 93.5 cm³/mol. The van der Waals surface area contributed by atoms with Crippen molar-refractivity contribution in [2.75, 3.05) is 5.32 Å². The molecule has 4 heteroatoms. The molecule has 1 aliphatic carbocycles. The SMILES string of the molecule is O=C(Nc1cccc(OC2CCCC2)c1)c1cc2ccccc2o1. The van der Waals surface area contributed by atoms with Crippen LogP contribution in [0.25, 0.3) is 11.0 Å². The first-order chi connectivity index (χ1) is 11.8. The fraction of sp³-hybridized carbons (Fsp3) is 0.250. The summed E-state index contributed by atoms with van der Waals surface area (Å²) >= 11 is 0. The third kappa shape index (κ3) is 3.13. The molecule has 1 heterocycles. The Kier molecular flexibility index (Phi) is 3.95. The second-order valence-corrected chi connectivity index (χ2v) is 6.15. The fourth-order valence-corrected chi connectivity index (χ4v) is 3.13. The minimum absolute atomic E-state index is 0.260. The minimum atomic E-state index is -0.260. The van der Waals surface area contributed by atoms with Crippen LogP contribution in [0.15, 0.2) is 59.0 Å². The summed E-state index contributed by atoms with van der Waals surface area (Å²) in [6.45, 7) is 0. The number of hydrogen-bond donors (Lipinski definition) is 1. The number of amides is 1. The summed E-state index contributed by atoms with van der Waals surface area (Å²) in [6, 6.07) is 16.9. The van der Waals surface area contributed by atoms with Crippen molar-refractivity contribution in [3.05, 3.63) is 60.4 Å². The van der Waals surface area contributed by atoms with Crippen LogP contribution >= 0.6 is 0 Å². The Labute approximate surface area is 140 Å². The van der Waals surface area contributed by atoms with E-state index >= 15 is 0 Å². The van der Waals surface area contributed by atoms with Crippen LogP contribution in [0.4, 0.5) is 5.69 Å². The molecule has 4 rings (SSSR count). The molecule has 0 spiro atoms. The van der Waals surface area contributed by atoms with Crippen molar-refractivity contribution in [2.24, 2.45) is 0 Å². The summed E-state index contributed by atoms with van der Waals surface area (Å²) in [6.07, 6.45) is 4.97. The Morgan fingerprint density at radius 1 is 1.04 bits per heavy atom. The standard InChI is InChI=1S/C20H19NO3/c22-20(19-12-14-6-1-4-11-18(14)24-19)21-15-7-5-10-17(13-15)23-16-8-2-3-9-16/h1,4-7,10-13,16H,2-3,8-9H2,(H,21,22). The molecule has 1 amide bonds. The van der Waals surface area contributed by atoms with Crippen LogP contribution in [0.2, 0.25) is 0 Å². The van der Waals surface area contributed by atoms with Crippen molar-refractivity contribution in [3.8, 4) is 5.75 Å². The molecule has 3 aromatic rings. The lowest BCUT2D eigenvalue weighted by Gasteiger charge is -2.13. The third-order valence-electron chi connectivity index (χ3n) is 4.35. The van der Waals surface area contributed by atoms with Crippen molar-refractivity contribution in [1.29, 1.82) is 0 Å². The van der Waals surface area contributed by atoms with Crippen molar-refractivity contribution in [3.63, 3.8) is 0 Å². The lowest BCUT2D eigenvalue weighted by Crippen LogP contribution is -2.12. The molecule has 0 unspecified atom stereocenters. The van der Waals surface area contributed by atoms with Crippen LogP contribution in [-0.2, 0) is 0 Å². The maximum atomic E-state index is 12.4. The second kappa shape index (κ2) is 6.40. The van der Waals surface area contributed by atoms with Crippen LogP contribution in [0.5, 0.6) is 5.75 Å². The highest BCUT2D eigenvalue weighted by atomic mass is 16.5. The summed E-state index contributed by atoms with van der Waals surface area (Å²) < 4.78 is 11.6. The number of hydrogen-bond acceptors (Lipinski definition) is 3. The molecule has 0 saturated heterocycles. The molecule has 1 aromatic heterocycles. The molecular formula is C20H19NO3. The van der Waals surface area contributed by atoms with E-state index in [9.17, 15) is 4.79 Å². The van der Waals surface area contributed by atoms with Gasteiger partial charge in [0.05, 0.1) is 6.10 Å². The number of rotatable bonds is 4.